The summed E-state index contributed by atoms with van der Waals surface area (Å²) in [6.45, 7) is 0. The van der Waals surface area contributed by atoms with Crippen molar-refractivity contribution in [3.63, 3.8) is 0 Å². The van der Waals surface area contributed by atoms with E-state index < -0.39 is 0 Å². The monoisotopic (exact) mass is 382 g/mol. The molecule has 0 bridgehead atoms. The highest BCUT2D eigenvalue weighted by Crippen LogP contribution is 2.36. The third kappa shape index (κ3) is 3.07. The lowest BCUT2D eigenvalue weighted by Crippen LogP contribution is -2.27. The molecule has 0 radical (unpaired) electrons. The summed E-state index contributed by atoms with van der Waals surface area (Å²) in [6.07, 6.45) is 4.82. The van der Waals surface area contributed by atoms with Gasteiger partial charge >= 0.3 is 0 Å². The lowest BCUT2D eigenvalue weighted by Gasteiger charge is -2.13. The van der Waals surface area contributed by atoms with E-state index in [-0.39, 0.29) is 11.7 Å². The molecule has 0 unspecified atom stereocenters. The smallest absolute Gasteiger partial charge is 0.270 e. The first-order valence-electron chi connectivity index (χ1n) is 7.66. The Labute approximate surface area is 158 Å². The van der Waals surface area contributed by atoms with Gasteiger partial charge in [-0.25, -0.2) is 4.39 Å². The molecule has 0 atom stereocenters. The van der Waals surface area contributed by atoms with Crippen LogP contribution >= 0.6 is 24.0 Å². The molecule has 1 saturated heterocycles. The van der Waals surface area contributed by atoms with E-state index in [4.69, 9.17) is 16.6 Å². The first-order chi connectivity index (χ1) is 12.6. The van der Waals surface area contributed by atoms with E-state index in [9.17, 15) is 9.18 Å². The number of anilines is 1. The van der Waals surface area contributed by atoms with Gasteiger partial charge in [-0.05, 0) is 36.4 Å². The molecule has 128 valence electrons. The Morgan fingerprint density at radius 2 is 2.00 bits per heavy atom. The zero-order valence-electron chi connectivity index (χ0n) is 13.3. The van der Waals surface area contributed by atoms with E-state index in [1.807, 2.05) is 0 Å². The maximum Gasteiger partial charge on any atom is 0.270 e. The average Bonchev–Trinajstić information content (AvgIpc) is 3.21. The zero-order chi connectivity index (χ0) is 18.1. The third-order valence-corrected chi connectivity index (χ3v) is 5.04. The van der Waals surface area contributed by atoms with Gasteiger partial charge in [-0.15, -0.1) is 0 Å². The minimum absolute atomic E-state index is 0.239. The standard InChI is InChI=1S/C19H11FN2O2S2/c20-15-6-2-1-5-14(15)16-8-7-13(24-16)10-17-18(23)22(19(25)26-17)12-4-3-9-21-11-12/h1-11H/b17-10-. The number of carbonyl (C=O) groups excluding carboxylic acids is 1. The van der Waals surface area contributed by atoms with Gasteiger partial charge in [0.1, 0.15) is 17.3 Å². The van der Waals surface area contributed by atoms with Crippen molar-refractivity contribution < 1.29 is 13.6 Å². The Morgan fingerprint density at radius 3 is 2.77 bits per heavy atom. The highest BCUT2D eigenvalue weighted by atomic mass is 32.2. The second-order valence-corrected chi connectivity index (χ2v) is 7.09. The molecule has 3 heterocycles. The van der Waals surface area contributed by atoms with E-state index >= 15 is 0 Å². The van der Waals surface area contributed by atoms with Crippen molar-refractivity contribution in [1.29, 1.82) is 0 Å². The Bertz CT molecular complexity index is 1030. The highest BCUT2D eigenvalue weighted by molar-refractivity contribution is 8.27. The number of aromatic nitrogens is 1. The van der Waals surface area contributed by atoms with Gasteiger partial charge in [-0.1, -0.05) is 36.1 Å². The largest absolute Gasteiger partial charge is 0.457 e. The number of carbonyl (C=O) groups is 1. The van der Waals surface area contributed by atoms with E-state index in [0.29, 0.717) is 32.0 Å². The molecule has 7 heteroatoms. The van der Waals surface area contributed by atoms with Crippen molar-refractivity contribution in [2.24, 2.45) is 0 Å². The minimum atomic E-state index is -0.365. The summed E-state index contributed by atoms with van der Waals surface area (Å²) in [6, 6.07) is 13.2. The van der Waals surface area contributed by atoms with Gasteiger partial charge in [-0.3, -0.25) is 14.7 Å². The summed E-state index contributed by atoms with van der Waals surface area (Å²) < 4.78 is 20.0. The maximum absolute atomic E-state index is 13.9. The van der Waals surface area contributed by atoms with E-state index in [1.165, 1.54) is 22.7 Å². The molecule has 1 aliphatic rings. The number of hydrogen-bond donors (Lipinski definition) is 0. The Kier molecular flexibility index (Phi) is 4.40. The van der Waals surface area contributed by atoms with Crippen LogP contribution in [0.3, 0.4) is 0 Å². The minimum Gasteiger partial charge on any atom is -0.457 e. The van der Waals surface area contributed by atoms with Crippen LogP contribution in [0, 0.1) is 5.82 Å². The number of thiocarbonyl (C=S) groups is 1. The van der Waals surface area contributed by atoms with Crippen LogP contribution in [0.15, 0.2) is 70.2 Å². The molecule has 4 rings (SSSR count). The number of rotatable bonds is 3. The molecule has 0 saturated carbocycles. The predicted octanol–water partition coefficient (Wildman–Crippen LogP) is 4.89. The number of amides is 1. The lowest BCUT2D eigenvalue weighted by atomic mass is 10.1. The van der Waals surface area contributed by atoms with Crippen molar-refractivity contribution in [2.75, 3.05) is 4.90 Å². The van der Waals surface area contributed by atoms with Crippen LogP contribution in [-0.2, 0) is 4.79 Å². The molecule has 3 aromatic rings. The predicted molar refractivity (Wildman–Crippen MR) is 104 cm³/mol. The summed E-state index contributed by atoms with van der Waals surface area (Å²) in [5.74, 6) is 0.250. The maximum atomic E-state index is 13.9. The summed E-state index contributed by atoms with van der Waals surface area (Å²) in [5.41, 5.74) is 0.986. The lowest BCUT2D eigenvalue weighted by molar-refractivity contribution is -0.113. The van der Waals surface area contributed by atoms with Crippen LogP contribution in [0.2, 0.25) is 0 Å². The van der Waals surface area contributed by atoms with Crippen LogP contribution in [0.25, 0.3) is 17.4 Å². The fraction of sp³-hybridized carbons (Fsp3) is 0. The van der Waals surface area contributed by atoms with Gasteiger partial charge in [0.2, 0.25) is 0 Å². The van der Waals surface area contributed by atoms with Crippen molar-refractivity contribution in [3.05, 3.63) is 77.4 Å². The summed E-state index contributed by atoms with van der Waals surface area (Å²) >= 11 is 6.50. The molecular formula is C19H11FN2O2S2. The molecule has 1 amide bonds. The molecule has 1 aliphatic heterocycles. The molecule has 26 heavy (non-hydrogen) atoms. The van der Waals surface area contributed by atoms with Crippen LogP contribution in [0.1, 0.15) is 5.76 Å². The van der Waals surface area contributed by atoms with Gasteiger partial charge in [-0.2, -0.15) is 0 Å². The van der Waals surface area contributed by atoms with Crippen LogP contribution in [0.4, 0.5) is 10.1 Å². The van der Waals surface area contributed by atoms with Crippen molar-refractivity contribution in [3.8, 4) is 11.3 Å². The molecule has 1 aromatic carbocycles. The molecule has 0 aliphatic carbocycles. The number of furan rings is 1. The fourth-order valence-electron chi connectivity index (χ4n) is 2.54. The summed E-state index contributed by atoms with van der Waals surface area (Å²) in [4.78, 5) is 18.6. The number of benzene rings is 1. The topological polar surface area (TPSA) is 46.3 Å². The van der Waals surface area contributed by atoms with E-state index in [0.717, 1.165) is 0 Å². The number of hydrogen-bond acceptors (Lipinski definition) is 5. The van der Waals surface area contributed by atoms with Crippen molar-refractivity contribution in [2.45, 2.75) is 0 Å². The normalized spacial score (nSPS) is 15.9. The summed E-state index contributed by atoms with van der Waals surface area (Å²) in [7, 11) is 0. The highest BCUT2D eigenvalue weighted by Gasteiger charge is 2.33. The molecular weight excluding hydrogens is 371 g/mol. The quantitative estimate of drug-likeness (QED) is 0.477. The first kappa shape index (κ1) is 16.7. The average molecular weight is 382 g/mol. The van der Waals surface area contributed by atoms with Crippen molar-refractivity contribution in [1.82, 2.24) is 4.98 Å². The molecule has 4 nitrogen and oxygen atoms in total. The molecule has 2 aromatic heterocycles. The second kappa shape index (κ2) is 6.86. The van der Waals surface area contributed by atoms with Crippen LogP contribution < -0.4 is 4.90 Å². The number of halogens is 1. The molecule has 0 spiro atoms. The van der Waals surface area contributed by atoms with Gasteiger partial charge in [0.25, 0.3) is 5.91 Å². The molecule has 0 N–H and O–H groups in total. The van der Waals surface area contributed by atoms with E-state index in [2.05, 4.69) is 4.98 Å². The van der Waals surface area contributed by atoms with Crippen molar-refractivity contribution >= 4 is 46.0 Å². The number of nitrogens with zero attached hydrogens (tertiary/aromatic N) is 2. The number of pyridine rings is 1. The van der Waals surface area contributed by atoms with Gasteiger partial charge in [0.05, 0.1) is 22.4 Å². The van der Waals surface area contributed by atoms with Crippen LogP contribution in [-0.4, -0.2) is 15.2 Å². The van der Waals surface area contributed by atoms with Gasteiger partial charge < -0.3 is 4.42 Å². The Balaban J connectivity index is 1.63. The zero-order valence-corrected chi connectivity index (χ0v) is 14.9. The first-order valence-corrected chi connectivity index (χ1v) is 8.89. The second-order valence-electron chi connectivity index (χ2n) is 5.41. The van der Waals surface area contributed by atoms with Gasteiger partial charge in [0.15, 0.2) is 4.32 Å². The molecule has 1 fully saturated rings. The summed E-state index contributed by atoms with van der Waals surface area (Å²) in [5, 5.41) is 0. The Morgan fingerprint density at radius 1 is 1.15 bits per heavy atom. The third-order valence-electron chi connectivity index (χ3n) is 3.74. The SMILES string of the molecule is O=C1/C(=C/c2ccc(-c3ccccc3F)o2)SC(=S)N1c1cccnc1. The van der Waals surface area contributed by atoms with Crippen LogP contribution in [0.5, 0.6) is 0 Å². The Hall–Kier alpha value is -2.77. The number of thioether (sulfide) groups is 1. The van der Waals surface area contributed by atoms with Gasteiger partial charge in [0, 0.05) is 12.3 Å². The fourth-order valence-corrected chi connectivity index (χ4v) is 3.82. The van der Waals surface area contributed by atoms with E-state index in [1.54, 1.807) is 60.9 Å².